The molecule has 0 fully saturated rings. The zero-order chi connectivity index (χ0) is 15.6. The number of nitrogens with one attached hydrogen (secondary N) is 1. The molecule has 0 unspecified atom stereocenters. The molecule has 110 valence electrons. The molecule has 1 aromatic carbocycles. The predicted molar refractivity (Wildman–Crippen MR) is 72.8 cm³/mol. The molecule has 4 nitrogen and oxygen atoms in total. The van der Waals surface area contributed by atoms with Gasteiger partial charge in [0.1, 0.15) is 5.69 Å². The first kappa shape index (κ1) is 14.8. The van der Waals surface area contributed by atoms with Crippen LogP contribution in [0.25, 0.3) is 0 Å². The number of nitrogens with two attached hydrogens (primary N) is 1. The number of alkyl halides is 3. The fourth-order valence-corrected chi connectivity index (χ4v) is 1.77. The van der Waals surface area contributed by atoms with Gasteiger partial charge in [-0.2, -0.15) is 13.2 Å². The molecule has 2 rings (SSSR count). The van der Waals surface area contributed by atoms with Crippen molar-refractivity contribution in [3.8, 4) is 0 Å². The molecule has 0 aliphatic carbocycles. The Morgan fingerprint density at radius 2 is 1.95 bits per heavy atom. The SMILES string of the molecule is Cc1ccc(NC(=O)c2cc(N)ccn2)cc1C(F)(F)F. The third kappa shape index (κ3) is 3.50. The van der Waals surface area contributed by atoms with Gasteiger partial charge in [-0.25, -0.2) is 0 Å². The van der Waals surface area contributed by atoms with Crippen LogP contribution in [-0.4, -0.2) is 10.9 Å². The van der Waals surface area contributed by atoms with Crippen molar-refractivity contribution >= 4 is 17.3 Å². The molecule has 21 heavy (non-hydrogen) atoms. The number of amides is 1. The van der Waals surface area contributed by atoms with Crippen LogP contribution in [0.5, 0.6) is 0 Å². The van der Waals surface area contributed by atoms with E-state index in [-0.39, 0.29) is 16.9 Å². The van der Waals surface area contributed by atoms with E-state index in [4.69, 9.17) is 5.73 Å². The van der Waals surface area contributed by atoms with Gasteiger partial charge >= 0.3 is 6.18 Å². The summed E-state index contributed by atoms with van der Waals surface area (Å²) in [7, 11) is 0. The highest BCUT2D eigenvalue weighted by molar-refractivity contribution is 6.03. The maximum atomic E-state index is 12.8. The van der Waals surface area contributed by atoms with E-state index in [9.17, 15) is 18.0 Å². The van der Waals surface area contributed by atoms with E-state index in [1.165, 1.54) is 37.4 Å². The summed E-state index contributed by atoms with van der Waals surface area (Å²) < 4.78 is 38.4. The van der Waals surface area contributed by atoms with Gasteiger partial charge in [0.05, 0.1) is 5.56 Å². The second kappa shape index (κ2) is 5.43. The maximum absolute atomic E-state index is 12.8. The molecule has 2 aromatic rings. The summed E-state index contributed by atoms with van der Waals surface area (Å²) in [5, 5.41) is 2.37. The van der Waals surface area contributed by atoms with Crippen LogP contribution in [0.4, 0.5) is 24.5 Å². The van der Waals surface area contributed by atoms with Crippen LogP contribution in [0.1, 0.15) is 21.6 Å². The number of halogens is 3. The Kier molecular flexibility index (Phi) is 3.84. The molecule has 0 radical (unpaired) electrons. The van der Waals surface area contributed by atoms with Gasteiger partial charge in [-0.1, -0.05) is 6.07 Å². The van der Waals surface area contributed by atoms with Crippen LogP contribution in [0.3, 0.4) is 0 Å². The summed E-state index contributed by atoms with van der Waals surface area (Å²) in [5.41, 5.74) is 5.23. The molecular formula is C14H12F3N3O. The minimum absolute atomic E-state index is 0.0316. The largest absolute Gasteiger partial charge is 0.416 e. The molecule has 1 amide bonds. The molecule has 0 bridgehead atoms. The van der Waals surface area contributed by atoms with E-state index in [1.54, 1.807) is 0 Å². The lowest BCUT2D eigenvalue weighted by molar-refractivity contribution is -0.138. The number of nitrogens with zero attached hydrogens (tertiary/aromatic N) is 1. The number of benzene rings is 1. The number of aromatic nitrogens is 1. The van der Waals surface area contributed by atoms with Gasteiger partial charge in [0.15, 0.2) is 0 Å². The van der Waals surface area contributed by atoms with E-state index >= 15 is 0 Å². The zero-order valence-electron chi connectivity index (χ0n) is 11.0. The van der Waals surface area contributed by atoms with Crippen molar-refractivity contribution < 1.29 is 18.0 Å². The molecule has 0 saturated carbocycles. The molecule has 0 spiro atoms. The molecule has 0 saturated heterocycles. The Labute approximate surface area is 118 Å². The number of pyridine rings is 1. The summed E-state index contributed by atoms with van der Waals surface area (Å²) >= 11 is 0. The second-order valence-electron chi connectivity index (χ2n) is 4.46. The first-order valence-corrected chi connectivity index (χ1v) is 5.98. The van der Waals surface area contributed by atoms with Crippen LogP contribution >= 0.6 is 0 Å². The predicted octanol–water partition coefficient (Wildman–Crippen LogP) is 3.24. The highest BCUT2D eigenvalue weighted by Crippen LogP contribution is 2.33. The van der Waals surface area contributed by atoms with Crippen molar-refractivity contribution in [2.24, 2.45) is 0 Å². The van der Waals surface area contributed by atoms with Crippen molar-refractivity contribution in [2.75, 3.05) is 11.1 Å². The van der Waals surface area contributed by atoms with E-state index in [0.29, 0.717) is 5.69 Å². The number of aryl methyl sites for hydroxylation is 1. The number of carbonyl (C=O) groups excluding carboxylic acids is 1. The van der Waals surface area contributed by atoms with Crippen molar-refractivity contribution in [2.45, 2.75) is 13.1 Å². The average molecular weight is 295 g/mol. The van der Waals surface area contributed by atoms with E-state index in [0.717, 1.165) is 6.07 Å². The quantitative estimate of drug-likeness (QED) is 0.893. The van der Waals surface area contributed by atoms with Crippen LogP contribution in [0.15, 0.2) is 36.5 Å². The van der Waals surface area contributed by atoms with Gasteiger partial charge in [0.25, 0.3) is 5.91 Å². The van der Waals surface area contributed by atoms with Gasteiger partial charge in [0, 0.05) is 17.6 Å². The molecule has 1 heterocycles. The Hall–Kier alpha value is -2.57. The van der Waals surface area contributed by atoms with Gasteiger partial charge in [-0.3, -0.25) is 9.78 Å². The molecular weight excluding hydrogens is 283 g/mol. The summed E-state index contributed by atoms with van der Waals surface area (Å²) in [6, 6.07) is 6.43. The third-order valence-electron chi connectivity index (χ3n) is 2.82. The number of rotatable bonds is 2. The zero-order valence-corrected chi connectivity index (χ0v) is 11.0. The van der Waals surface area contributed by atoms with Crippen molar-refractivity contribution in [1.82, 2.24) is 4.98 Å². The molecule has 0 aliphatic heterocycles. The van der Waals surface area contributed by atoms with Crippen molar-refractivity contribution in [1.29, 1.82) is 0 Å². The third-order valence-corrected chi connectivity index (χ3v) is 2.82. The number of hydrogen-bond acceptors (Lipinski definition) is 3. The monoisotopic (exact) mass is 295 g/mol. The van der Waals surface area contributed by atoms with E-state index < -0.39 is 17.6 Å². The minimum Gasteiger partial charge on any atom is -0.399 e. The summed E-state index contributed by atoms with van der Waals surface area (Å²) in [6.45, 7) is 1.36. The Bertz CT molecular complexity index is 683. The molecule has 0 aliphatic rings. The molecule has 7 heteroatoms. The average Bonchev–Trinajstić information content (AvgIpc) is 2.39. The Morgan fingerprint density at radius 3 is 2.57 bits per heavy atom. The topological polar surface area (TPSA) is 68.0 Å². The highest BCUT2D eigenvalue weighted by Gasteiger charge is 2.32. The molecule has 0 atom stereocenters. The van der Waals surface area contributed by atoms with E-state index in [1.807, 2.05) is 0 Å². The molecule has 1 aromatic heterocycles. The summed E-state index contributed by atoms with van der Waals surface area (Å²) in [4.78, 5) is 15.7. The van der Waals surface area contributed by atoms with Gasteiger partial charge in [0.2, 0.25) is 0 Å². The fraction of sp³-hybridized carbons (Fsp3) is 0.143. The van der Waals surface area contributed by atoms with Crippen molar-refractivity contribution in [3.05, 3.63) is 53.3 Å². The Balaban J connectivity index is 2.26. The highest BCUT2D eigenvalue weighted by atomic mass is 19.4. The van der Waals surface area contributed by atoms with Gasteiger partial charge in [-0.15, -0.1) is 0 Å². The summed E-state index contributed by atoms with van der Waals surface area (Å²) in [6.07, 6.45) is -3.12. The van der Waals surface area contributed by atoms with E-state index in [2.05, 4.69) is 10.3 Å². The van der Waals surface area contributed by atoms with Gasteiger partial charge in [-0.05, 0) is 36.8 Å². The lowest BCUT2D eigenvalue weighted by Gasteiger charge is -2.12. The lowest BCUT2D eigenvalue weighted by Crippen LogP contribution is -2.15. The second-order valence-corrected chi connectivity index (χ2v) is 4.46. The van der Waals surface area contributed by atoms with Crippen molar-refractivity contribution in [3.63, 3.8) is 0 Å². The van der Waals surface area contributed by atoms with Crippen LogP contribution in [0, 0.1) is 6.92 Å². The number of carbonyl (C=O) groups is 1. The first-order valence-electron chi connectivity index (χ1n) is 5.98. The van der Waals surface area contributed by atoms with Crippen LogP contribution in [0.2, 0.25) is 0 Å². The normalized spacial score (nSPS) is 11.2. The van der Waals surface area contributed by atoms with Crippen LogP contribution < -0.4 is 11.1 Å². The number of hydrogen-bond donors (Lipinski definition) is 2. The number of anilines is 2. The first-order chi connectivity index (χ1) is 9.77. The van der Waals surface area contributed by atoms with Crippen LogP contribution in [-0.2, 0) is 6.18 Å². The number of nitrogen functional groups attached to an aromatic ring is 1. The minimum atomic E-state index is -4.47. The fourth-order valence-electron chi connectivity index (χ4n) is 1.77. The summed E-state index contributed by atoms with van der Waals surface area (Å²) in [5.74, 6) is -0.626. The smallest absolute Gasteiger partial charge is 0.399 e. The lowest BCUT2D eigenvalue weighted by atomic mass is 10.1. The standard InChI is InChI=1S/C14H12F3N3O/c1-8-2-3-10(7-11(8)14(15,16)17)20-13(21)12-6-9(18)4-5-19-12/h2-7H,1H3,(H2,18,19)(H,20,21). The molecule has 3 N–H and O–H groups in total. The maximum Gasteiger partial charge on any atom is 0.416 e. The van der Waals surface area contributed by atoms with Gasteiger partial charge < -0.3 is 11.1 Å². The Morgan fingerprint density at radius 1 is 1.24 bits per heavy atom.